The second kappa shape index (κ2) is 6.68. The number of rotatable bonds is 5. The summed E-state index contributed by atoms with van der Waals surface area (Å²) in [5, 5.41) is 16.3. The fourth-order valence-corrected chi connectivity index (χ4v) is 3.27. The fourth-order valence-electron chi connectivity index (χ4n) is 1.64. The van der Waals surface area contributed by atoms with Crippen molar-refractivity contribution in [2.75, 3.05) is 0 Å². The van der Waals surface area contributed by atoms with Gasteiger partial charge in [0.15, 0.2) is 5.69 Å². The summed E-state index contributed by atoms with van der Waals surface area (Å²) in [6.45, 7) is 4.24. The molecule has 0 fully saturated rings. The van der Waals surface area contributed by atoms with Crippen LogP contribution in [0.2, 0.25) is 0 Å². The second-order valence-corrected chi connectivity index (χ2v) is 6.70. The standard InChI is InChI=1S/C13H15N3O3S2/c1-7-3-4-9(21-7)5-14-13(19)15-8(2)11-16-10(6-20-11)12(17)18/h3-4,6,8H,5H2,1-2H3,(H,17,18)(H2,14,15,19). The third-order valence-electron chi connectivity index (χ3n) is 2.68. The number of carbonyl (C=O) groups excluding carboxylic acids is 1. The Morgan fingerprint density at radius 2 is 2.19 bits per heavy atom. The molecule has 2 aromatic heterocycles. The molecule has 0 saturated heterocycles. The largest absolute Gasteiger partial charge is 0.476 e. The molecule has 2 amide bonds. The summed E-state index contributed by atoms with van der Waals surface area (Å²) < 4.78 is 0. The number of hydrogen-bond donors (Lipinski definition) is 3. The molecule has 0 radical (unpaired) electrons. The molecule has 2 heterocycles. The second-order valence-electron chi connectivity index (χ2n) is 4.44. The van der Waals surface area contributed by atoms with Crippen LogP contribution in [0.3, 0.4) is 0 Å². The van der Waals surface area contributed by atoms with Gasteiger partial charge in [0.1, 0.15) is 5.01 Å². The molecule has 0 saturated carbocycles. The number of carbonyl (C=O) groups is 2. The summed E-state index contributed by atoms with van der Waals surface area (Å²) in [5.74, 6) is -1.07. The Balaban J connectivity index is 1.85. The van der Waals surface area contributed by atoms with Crippen LogP contribution >= 0.6 is 22.7 Å². The van der Waals surface area contributed by atoms with E-state index in [2.05, 4.69) is 15.6 Å². The third kappa shape index (κ3) is 4.27. The van der Waals surface area contributed by atoms with Crippen LogP contribution in [0, 0.1) is 6.92 Å². The van der Waals surface area contributed by atoms with Crippen molar-refractivity contribution < 1.29 is 14.7 Å². The molecular formula is C13H15N3O3S2. The molecule has 112 valence electrons. The zero-order valence-electron chi connectivity index (χ0n) is 11.5. The number of aromatic nitrogens is 1. The molecule has 0 aliphatic carbocycles. The predicted molar refractivity (Wildman–Crippen MR) is 81.9 cm³/mol. The smallest absolute Gasteiger partial charge is 0.355 e. The average molecular weight is 325 g/mol. The number of thiophene rings is 1. The van der Waals surface area contributed by atoms with E-state index < -0.39 is 5.97 Å². The van der Waals surface area contributed by atoms with Crippen LogP contribution in [0.5, 0.6) is 0 Å². The Morgan fingerprint density at radius 1 is 1.43 bits per heavy atom. The van der Waals surface area contributed by atoms with E-state index in [0.29, 0.717) is 11.6 Å². The van der Waals surface area contributed by atoms with Crippen LogP contribution in [-0.4, -0.2) is 22.1 Å². The summed E-state index contributed by atoms with van der Waals surface area (Å²) >= 11 is 2.85. The Morgan fingerprint density at radius 3 is 2.76 bits per heavy atom. The van der Waals surface area contributed by atoms with Crippen LogP contribution in [0.1, 0.15) is 38.2 Å². The molecule has 2 rings (SSSR count). The summed E-state index contributed by atoms with van der Waals surface area (Å²) in [6, 6.07) is 3.34. The van der Waals surface area contributed by atoms with E-state index >= 15 is 0 Å². The number of thiazole rings is 1. The number of nitrogens with zero attached hydrogens (tertiary/aromatic N) is 1. The molecule has 8 heteroatoms. The van der Waals surface area contributed by atoms with Crippen LogP contribution in [0.25, 0.3) is 0 Å². The first kappa shape index (κ1) is 15.5. The number of urea groups is 1. The van der Waals surface area contributed by atoms with Gasteiger partial charge in [-0.15, -0.1) is 22.7 Å². The van der Waals surface area contributed by atoms with Gasteiger partial charge in [0.05, 0.1) is 12.6 Å². The quantitative estimate of drug-likeness (QED) is 0.788. The highest BCUT2D eigenvalue weighted by atomic mass is 32.1. The summed E-state index contributed by atoms with van der Waals surface area (Å²) in [7, 11) is 0. The van der Waals surface area contributed by atoms with Crippen LogP contribution in [-0.2, 0) is 6.54 Å². The third-order valence-corrected chi connectivity index (χ3v) is 4.71. The topological polar surface area (TPSA) is 91.3 Å². The number of hydrogen-bond acceptors (Lipinski definition) is 5. The molecular weight excluding hydrogens is 310 g/mol. The minimum atomic E-state index is -1.07. The number of amides is 2. The Labute approximate surface area is 129 Å². The van der Waals surface area contributed by atoms with Crippen LogP contribution < -0.4 is 10.6 Å². The lowest BCUT2D eigenvalue weighted by atomic mass is 10.3. The van der Waals surface area contributed by atoms with Gasteiger partial charge in [-0.05, 0) is 26.0 Å². The maximum atomic E-state index is 11.8. The Kier molecular flexibility index (Phi) is 4.92. The monoisotopic (exact) mass is 325 g/mol. The lowest BCUT2D eigenvalue weighted by Crippen LogP contribution is -2.36. The number of nitrogens with one attached hydrogen (secondary N) is 2. The maximum absolute atomic E-state index is 11.8. The van der Waals surface area contributed by atoms with Gasteiger partial charge in [0, 0.05) is 15.1 Å². The number of aromatic carboxylic acids is 1. The average Bonchev–Trinajstić information content (AvgIpc) is 3.05. The van der Waals surface area contributed by atoms with E-state index in [1.807, 2.05) is 19.1 Å². The molecule has 0 aromatic carbocycles. The van der Waals surface area contributed by atoms with E-state index in [9.17, 15) is 9.59 Å². The lowest BCUT2D eigenvalue weighted by molar-refractivity contribution is 0.0691. The van der Waals surface area contributed by atoms with Gasteiger partial charge in [0.25, 0.3) is 0 Å². The van der Waals surface area contributed by atoms with E-state index in [4.69, 9.17) is 5.11 Å². The van der Waals surface area contributed by atoms with Gasteiger partial charge in [-0.3, -0.25) is 0 Å². The number of aryl methyl sites for hydroxylation is 1. The van der Waals surface area contributed by atoms with Gasteiger partial charge < -0.3 is 15.7 Å². The highest BCUT2D eigenvalue weighted by molar-refractivity contribution is 7.11. The van der Waals surface area contributed by atoms with Crippen molar-refractivity contribution in [3.8, 4) is 0 Å². The Hall–Kier alpha value is -1.93. The van der Waals surface area contributed by atoms with Crippen LogP contribution in [0.15, 0.2) is 17.5 Å². The SMILES string of the molecule is Cc1ccc(CNC(=O)NC(C)c2nc(C(=O)O)cs2)s1. The van der Waals surface area contributed by atoms with Crippen molar-refractivity contribution in [2.45, 2.75) is 26.4 Å². The van der Waals surface area contributed by atoms with Crippen LogP contribution in [0.4, 0.5) is 4.79 Å². The minimum Gasteiger partial charge on any atom is -0.476 e. The highest BCUT2D eigenvalue weighted by Gasteiger charge is 2.15. The first-order valence-electron chi connectivity index (χ1n) is 6.24. The Bertz CT molecular complexity index is 651. The number of carboxylic acids is 1. The summed E-state index contributed by atoms with van der Waals surface area (Å²) in [6.07, 6.45) is 0. The molecule has 0 bridgehead atoms. The summed E-state index contributed by atoms with van der Waals surface area (Å²) in [5.41, 5.74) is -0.00174. The molecule has 3 N–H and O–H groups in total. The predicted octanol–water partition coefficient (Wildman–Crippen LogP) is 2.77. The van der Waals surface area contributed by atoms with Crippen molar-refractivity contribution in [2.24, 2.45) is 0 Å². The highest BCUT2D eigenvalue weighted by Crippen LogP contribution is 2.18. The molecule has 2 aromatic rings. The van der Waals surface area contributed by atoms with Crippen molar-refractivity contribution in [3.05, 3.63) is 38.0 Å². The van der Waals surface area contributed by atoms with Gasteiger partial charge in [-0.2, -0.15) is 0 Å². The van der Waals surface area contributed by atoms with E-state index in [0.717, 1.165) is 4.88 Å². The van der Waals surface area contributed by atoms with Crippen molar-refractivity contribution in [1.82, 2.24) is 15.6 Å². The van der Waals surface area contributed by atoms with Gasteiger partial charge >= 0.3 is 12.0 Å². The normalized spacial score (nSPS) is 11.9. The summed E-state index contributed by atoms with van der Waals surface area (Å²) in [4.78, 5) is 28.8. The van der Waals surface area contributed by atoms with Gasteiger partial charge in [-0.25, -0.2) is 14.6 Å². The minimum absolute atomic E-state index is 0.00174. The van der Waals surface area contributed by atoms with Gasteiger partial charge in [-0.1, -0.05) is 0 Å². The molecule has 21 heavy (non-hydrogen) atoms. The molecule has 6 nitrogen and oxygen atoms in total. The van der Waals surface area contributed by atoms with E-state index in [1.54, 1.807) is 18.3 Å². The van der Waals surface area contributed by atoms with Crippen molar-refractivity contribution in [3.63, 3.8) is 0 Å². The zero-order valence-corrected chi connectivity index (χ0v) is 13.2. The van der Waals surface area contributed by atoms with Crippen molar-refractivity contribution >= 4 is 34.7 Å². The molecule has 0 spiro atoms. The molecule has 1 atom stereocenters. The zero-order chi connectivity index (χ0) is 15.4. The van der Waals surface area contributed by atoms with Crippen molar-refractivity contribution in [1.29, 1.82) is 0 Å². The fraction of sp³-hybridized carbons (Fsp3) is 0.308. The number of carboxylic acid groups (broad SMARTS) is 1. The molecule has 0 aliphatic heterocycles. The maximum Gasteiger partial charge on any atom is 0.355 e. The first-order chi connectivity index (χ1) is 9.95. The van der Waals surface area contributed by atoms with E-state index in [1.165, 1.54) is 21.6 Å². The first-order valence-corrected chi connectivity index (χ1v) is 7.93. The molecule has 0 aliphatic rings. The van der Waals surface area contributed by atoms with E-state index in [-0.39, 0.29) is 17.8 Å². The van der Waals surface area contributed by atoms with Gasteiger partial charge in [0.2, 0.25) is 0 Å². The molecule has 1 unspecified atom stereocenters. The lowest BCUT2D eigenvalue weighted by Gasteiger charge is -2.11.